The molecule has 142 valence electrons. The number of nitrogens with one attached hydrogen (secondary N) is 1. The van der Waals surface area contributed by atoms with Gasteiger partial charge in [-0.2, -0.15) is 0 Å². The molecule has 0 aliphatic heterocycles. The third-order valence-corrected chi connectivity index (χ3v) is 2.83. The summed E-state index contributed by atoms with van der Waals surface area (Å²) in [7, 11) is 1.61. The number of hydrogen-bond donors (Lipinski definition) is 1. The fourth-order valence-electron chi connectivity index (χ4n) is 1.77. The second-order valence-corrected chi connectivity index (χ2v) is 5.43. The van der Waals surface area contributed by atoms with Gasteiger partial charge in [0, 0.05) is 7.11 Å². The molecule has 0 aromatic heterocycles. The predicted molar refractivity (Wildman–Crippen MR) is 87.9 cm³/mol. The maximum atomic E-state index is 11.8. The van der Waals surface area contributed by atoms with Crippen molar-refractivity contribution in [2.45, 2.75) is 33.2 Å². The van der Waals surface area contributed by atoms with Crippen molar-refractivity contribution in [1.82, 2.24) is 5.32 Å². The maximum Gasteiger partial charge on any atom is 0.407 e. The molecular weight excluding hydrogens is 318 g/mol. The van der Waals surface area contributed by atoms with E-state index in [1.807, 2.05) is 13.8 Å². The standard InChI is InChI=1S/C16H31NO7/c1-5-23-15(18)14(12-13(2)3)17-16(19)24-11-10-22-9-8-21-7-6-20-4/h13-14H,5-12H2,1-4H3,(H,17,19). The van der Waals surface area contributed by atoms with Gasteiger partial charge in [-0.15, -0.1) is 0 Å². The minimum atomic E-state index is -0.701. The summed E-state index contributed by atoms with van der Waals surface area (Å²) in [6.45, 7) is 8.19. The average Bonchev–Trinajstić information content (AvgIpc) is 2.52. The number of methoxy groups -OCH3 is 1. The Balaban J connectivity index is 3.82. The normalized spacial score (nSPS) is 12.0. The van der Waals surface area contributed by atoms with Gasteiger partial charge in [-0.25, -0.2) is 9.59 Å². The number of carbonyl (C=O) groups excluding carboxylic acids is 2. The van der Waals surface area contributed by atoms with E-state index in [-0.39, 0.29) is 25.7 Å². The summed E-state index contributed by atoms with van der Waals surface area (Å²) < 4.78 is 25.2. The molecule has 1 unspecified atom stereocenters. The van der Waals surface area contributed by atoms with Crippen molar-refractivity contribution >= 4 is 12.1 Å². The molecule has 0 rings (SSSR count). The van der Waals surface area contributed by atoms with Crippen molar-refractivity contribution in [3.8, 4) is 0 Å². The molecule has 0 fully saturated rings. The molecule has 1 amide bonds. The van der Waals surface area contributed by atoms with Crippen molar-refractivity contribution in [3.05, 3.63) is 0 Å². The molecular formula is C16H31NO7. The Labute approximate surface area is 144 Å². The first kappa shape index (κ1) is 22.6. The molecule has 0 aliphatic carbocycles. The third kappa shape index (κ3) is 13.1. The highest BCUT2D eigenvalue weighted by Crippen LogP contribution is 2.06. The number of esters is 1. The van der Waals surface area contributed by atoms with Crippen molar-refractivity contribution in [3.63, 3.8) is 0 Å². The van der Waals surface area contributed by atoms with Crippen LogP contribution < -0.4 is 5.32 Å². The molecule has 0 aliphatic rings. The summed E-state index contributed by atoms with van der Waals surface area (Å²) in [4.78, 5) is 23.5. The second-order valence-electron chi connectivity index (χ2n) is 5.43. The largest absolute Gasteiger partial charge is 0.464 e. The third-order valence-electron chi connectivity index (χ3n) is 2.83. The van der Waals surface area contributed by atoms with Crippen LogP contribution in [0.15, 0.2) is 0 Å². The van der Waals surface area contributed by atoms with Crippen molar-refractivity contribution < 1.29 is 33.3 Å². The van der Waals surface area contributed by atoms with Gasteiger partial charge in [-0.1, -0.05) is 13.8 Å². The summed E-state index contributed by atoms with van der Waals surface area (Å²) in [6.07, 6.45) is -0.169. The van der Waals surface area contributed by atoms with E-state index >= 15 is 0 Å². The van der Waals surface area contributed by atoms with Crippen LogP contribution in [0.3, 0.4) is 0 Å². The fourth-order valence-corrected chi connectivity index (χ4v) is 1.77. The summed E-state index contributed by atoms with van der Waals surface area (Å²) in [5.74, 6) is -0.214. The Morgan fingerprint density at radius 1 is 0.917 bits per heavy atom. The SMILES string of the molecule is CCOC(=O)C(CC(C)C)NC(=O)OCCOCCOCCOC. The Bertz CT molecular complexity index is 336. The van der Waals surface area contributed by atoms with Gasteiger partial charge in [0.15, 0.2) is 0 Å². The highest BCUT2D eigenvalue weighted by Gasteiger charge is 2.23. The second kappa shape index (κ2) is 15.2. The van der Waals surface area contributed by atoms with Crippen LogP contribution in [0.25, 0.3) is 0 Å². The summed E-state index contributed by atoms with van der Waals surface area (Å²) in [6, 6.07) is -0.701. The first-order valence-corrected chi connectivity index (χ1v) is 8.25. The van der Waals surface area contributed by atoms with Crippen LogP contribution in [-0.2, 0) is 28.5 Å². The molecule has 0 saturated carbocycles. The molecule has 0 aromatic carbocycles. The zero-order chi connectivity index (χ0) is 18.2. The van der Waals surface area contributed by atoms with Crippen molar-refractivity contribution in [1.29, 1.82) is 0 Å². The van der Waals surface area contributed by atoms with Crippen LogP contribution in [0.1, 0.15) is 27.2 Å². The van der Waals surface area contributed by atoms with E-state index in [1.165, 1.54) is 0 Å². The number of alkyl carbamates (subject to hydrolysis) is 1. The predicted octanol–water partition coefficient (Wildman–Crippen LogP) is 1.37. The first-order valence-electron chi connectivity index (χ1n) is 8.25. The monoisotopic (exact) mass is 349 g/mol. The van der Waals surface area contributed by atoms with Gasteiger partial charge in [0.25, 0.3) is 0 Å². The Kier molecular flexibility index (Phi) is 14.3. The Hall–Kier alpha value is -1.38. The lowest BCUT2D eigenvalue weighted by molar-refractivity contribution is -0.146. The molecule has 0 heterocycles. The van der Waals surface area contributed by atoms with Crippen LogP contribution in [-0.4, -0.2) is 71.5 Å². The maximum absolute atomic E-state index is 11.8. The van der Waals surface area contributed by atoms with E-state index < -0.39 is 18.1 Å². The van der Waals surface area contributed by atoms with E-state index in [4.69, 9.17) is 23.7 Å². The summed E-state index contributed by atoms with van der Waals surface area (Å²) in [5.41, 5.74) is 0. The van der Waals surface area contributed by atoms with Crippen molar-refractivity contribution in [2.75, 3.05) is 53.4 Å². The molecule has 0 saturated heterocycles. The van der Waals surface area contributed by atoms with Gasteiger partial charge in [-0.05, 0) is 19.3 Å². The zero-order valence-corrected chi connectivity index (χ0v) is 15.2. The molecule has 0 radical (unpaired) electrons. The smallest absolute Gasteiger partial charge is 0.407 e. The van der Waals surface area contributed by atoms with Gasteiger partial charge in [0.1, 0.15) is 12.6 Å². The molecule has 1 atom stereocenters. The Morgan fingerprint density at radius 3 is 2.04 bits per heavy atom. The zero-order valence-electron chi connectivity index (χ0n) is 15.2. The van der Waals surface area contributed by atoms with E-state index in [9.17, 15) is 9.59 Å². The van der Waals surface area contributed by atoms with Gasteiger partial charge in [0.05, 0.1) is 39.6 Å². The molecule has 0 bridgehead atoms. The van der Waals surface area contributed by atoms with E-state index in [1.54, 1.807) is 14.0 Å². The highest BCUT2D eigenvalue weighted by molar-refractivity contribution is 5.81. The fraction of sp³-hybridized carbons (Fsp3) is 0.875. The average molecular weight is 349 g/mol. The minimum Gasteiger partial charge on any atom is -0.464 e. The van der Waals surface area contributed by atoms with Gasteiger partial charge in [-0.3, -0.25) is 0 Å². The lowest BCUT2D eigenvalue weighted by Crippen LogP contribution is -2.43. The molecule has 8 heteroatoms. The topological polar surface area (TPSA) is 92.3 Å². The quantitative estimate of drug-likeness (QED) is 0.374. The van der Waals surface area contributed by atoms with Crippen LogP contribution >= 0.6 is 0 Å². The molecule has 8 nitrogen and oxygen atoms in total. The van der Waals surface area contributed by atoms with Gasteiger partial charge < -0.3 is 29.0 Å². The van der Waals surface area contributed by atoms with Crippen LogP contribution in [0.5, 0.6) is 0 Å². The number of carbonyl (C=O) groups is 2. The number of rotatable bonds is 14. The summed E-state index contributed by atoms with van der Waals surface area (Å²) >= 11 is 0. The van der Waals surface area contributed by atoms with E-state index in [0.29, 0.717) is 32.8 Å². The lowest BCUT2D eigenvalue weighted by atomic mass is 10.0. The van der Waals surface area contributed by atoms with Crippen molar-refractivity contribution in [2.24, 2.45) is 5.92 Å². The minimum absolute atomic E-state index is 0.0983. The number of ether oxygens (including phenoxy) is 5. The van der Waals surface area contributed by atoms with E-state index in [2.05, 4.69) is 5.32 Å². The number of hydrogen-bond acceptors (Lipinski definition) is 7. The van der Waals surface area contributed by atoms with Gasteiger partial charge in [0.2, 0.25) is 0 Å². The highest BCUT2D eigenvalue weighted by atomic mass is 16.6. The first-order chi connectivity index (χ1) is 11.5. The van der Waals surface area contributed by atoms with Gasteiger partial charge >= 0.3 is 12.1 Å². The molecule has 0 aromatic rings. The Morgan fingerprint density at radius 2 is 1.50 bits per heavy atom. The van der Waals surface area contributed by atoms with Crippen LogP contribution in [0.4, 0.5) is 4.79 Å². The van der Waals surface area contributed by atoms with E-state index in [0.717, 1.165) is 0 Å². The van der Waals surface area contributed by atoms with Crippen LogP contribution in [0, 0.1) is 5.92 Å². The summed E-state index contributed by atoms with van der Waals surface area (Å²) in [5, 5.41) is 2.53. The lowest BCUT2D eigenvalue weighted by Gasteiger charge is -2.18. The number of amides is 1. The molecule has 0 spiro atoms. The van der Waals surface area contributed by atoms with Crippen LogP contribution in [0.2, 0.25) is 0 Å². The molecule has 1 N–H and O–H groups in total. The molecule has 24 heavy (non-hydrogen) atoms.